The fourth-order valence-corrected chi connectivity index (χ4v) is 1.82. The first-order chi connectivity index (χ1) is 5.45. The van der Waals surface area contributed by atoms with Gasteiger partial charge in [-0.15, -0.1) is 0 Å². The van der Waals surface area contributed by atoms with Crippen molar-refractivity contribution in [1.29, 1.82) is 0 Å². The highest BCUT2D eigenvalue weighted by molar-refractivity contribution is 5.03. The Labute approximate surface area is 68.3 Å². The summed E-state index contributed by atoms with van der Waals surface area (Å²) in [6, 6.07) is 0. The molecule has 0 saturated carbocycles. The van der Waals surface area contributed by atoms with E-state index in [9.17, 15) is 0 Å². The van der Waals surface area contributed by atoms with Crippen LogP contribution >= 0.6 is 0 Å². The molecule has 11 heavy (non-hydrogen) atoms. The van der Waals surface area contributed by atoms with Crippen molar-refractivity contribution in [3.8, 4) is 0 Å². The molecule has 0 aliphatic carbocycles. The third-order valence-corrected chi connectivity index (χ3v) is 2.45. The minimum Gasteiger partial charge on any atom is -0.387 e. The molecular formula is C9H16N2. The fraction of sp³-hybridized carbons (Fsp3) is 0.778. The van der Waals surface area contributed by atoms with Crippen molar-refractivity contribution in [2.75, 3.05) is 19.6 Å². The van der Waals surface area contributed by atoms with Crippen LogP contribution < -0.4 is 5.32 Å². The molecule has 1 N–H and O–H groups in total. The van der Waals surface area contributed by atoms with Crippen LogP contribution in [-0.2, 0) is 0 Å². The third kappa shape index (κ3) is 1.67. The van der Waals surface area contributed by atoms with Crippen molar-refractivity contribution in [1.82, 2.24) is 10.2 Å². The summed E-state index contributed by atoms with van der Waals surface area (Å²) in [4.78, 5) is 2.44. The third-order valence-electron chi connectivity index (χ3n) is 2.45. The van der Waals surface area contributed by atoms with E-state index in [1.54, 1.807) is 0 Å². The molecule has 0 radical (unpaired) electrons. The second-order valence-corrected chi connectivity index (χ2v) is 3.43. The lowest BCUT2D eigenvalue weighted by Crippen LogP contribution is -2.15. The Morgan fingerprint density at radius 1 is 1.18 bits per heavy atom. The molecule has 0 bridgehead atoms. The summed E-state index contributed by atoms with van der Waals surface area (Å²) in [5, 5.41) is 3.40. The van der Waals surface area contributed by atoms with Crippen LogP contribution in [0.15, 0.2) is 11.9 Å². The van der Waals surface area contributed by atoms with Gasteiger partial charge in [0, 0.05) is 31.5 Å². The zero-order valence-electron chi connectivity index (χ0n) is 6.97. The minimum absolute atomic E-state index is 1.18. The van der Waals surface area contributed by atoms with Gasteiger partial charge in [-0.3, -0.25) is 0 Å². The maximum atomic E-state index is 3.40. The van der Waals surface area contributed by atoms with E-state index in [-0.39, 0.29) is 0 Å². The van der Waals surface area contributed by atoms with Crippen LogP contribution in [0.3, 0.4) is 0 Å². The number of hydrogen-bond acceptors (Lipinski definition) is 2. The topological polar surface area (TPSA) is 15.3 Å². The molecule has 2 aliphatic rings. The summed E-state index contributed by atoms with van der Waals surface area (Å²) in [5.41, 5.74) is 1.45. The van der Waals surface area contributed by atoms with E-state index < -0.39 is 0 Å². The minimum atomic E-state index is 1.18. The first-order valence-corrected chi connectivity index (χ1v) is 4.64. The number of allylic oxidation sites excluding steroid dienone is 1. The average molecular weight is 152 g/mol. The molecular weight excluding hydrogens is 136 g/mol. The summed E-state index contributed by atoms with van der Waals surface area (Å²) >= 11 is 0. The lowest BCUT2D eigenvalue weighted by Gasteiger charge is -2.12. The Bertz CT molecular complexity index is 149. The molecule has 0 aromatic heterocycles. The molecule has 2 heteroatoms. The van der Waals surface area contributed by atoms with Crippen LogP contribution in [0.25, 0.3) is 0 Å². The van der Waals surface area contributed by atoms with Gasteiger partial charge in [-0.1, -0.05) is 0 Å². The zero-order valence-corrected chi connectivity index (χ0v) is 6.97. The summed E-state index contributed by atoms with van der Waals surface area (Å²) in [6.07, 6.45) is 7.66. The van der Waals surface area contributed by atoms with Crippen molar-refractivity contribution in [3.05, 3.63) is 11.9 Å². The molecule has 2 fully saturated rings. The molecule has 2 aliphatic heterocycles. The Hall–Kier alpha value is -0.660. The second kappa shape index (κ2) is 3.16. The summed E-state index contributed by atoms with van der Waals surface area (Å²) in [7, 11) is 0. The Balaban J connectivity index is 1.89. The van der Waals surface area contributed by atoms with Gasteiger partial charge in [0.05, 0.1) is 0 Å². The SMILES string of the molecule is C(=C1/CCCN1)/N1CCCC1. The average Bonchev–Trinajstić information content (AvgIpc) is 2.60. The van der Waals surface area contributed by atoms with Gasteiger partial charge in [-0.2, -0.15) is 0 Å². The Morgan fingerprint density at radius 3 is 2.64 bits per heavy atom. The maximum absolute atomic E-state index is 3.40. The highest BCUT2D eigenvalue weighted by Crippen LogP contribution is 2.13. The van der Waals surface area contributed by atoms with Crippen LogP contribution in [-0.4, -0.2) is 24.5 Å². The molecule has 2 rings (SSSR count). The zero-order chi connectivity index (χ0) is 7.52. The van der Waals surface area contributed by atoms with Crippen molar-refractivity contribution in [2.24, 2.45) is 0 Å². The van der Waals surface area contributed by atoms with Gasteiger partial charge in [0.15, 0.2) is 0 Å². The van der Waals surface area contributed by atoms with E-state index >= 15 is 0 Å². The molecule has 0 spiro atoms. The first kappa shape index (κ1) is 7.01. The summed E-state index contributed by atoms with van der Waals surface area (Å²) in [5.74, 6) is 0. The molecule has 0 atom stereocenters. The van der Waals surface area contributed by atoms with E-state index in [1.807, 2.05) is 0 Å². The molecule has 0 amide bonds. The van der Waals surface area contributed by atoms with Gasteiger partial charge in [0.1, 0.15) is 0 Å². The number of likely N-dealkylation sites (tertiary alicyclic amines) is 1. The highest BCUT2D eigenvalue weighted by Gasteiger charge is 2.10. The maximum Gasteiger partial charge on any atom is 0.0269 e. The smallest absolute Gasteiger partial charge is 0.0269 e. The Kier molecular flexibility index (Phi) is 2.01. The molecule has 2 saturated heterocycles. The Morgan fingerprint density at radius 2 is 2.00 bits per heavy atom. The van der Waals surface area contributed by atoms with Gasteiger partial charge in [-0.05, 0) is 25.7 Å². The van der Waals surface area contributed by atoms with Crippen LogP contribution in [0.2, 0.25) is 0 Å². The standard InChI is InChI=1S/C9H16N2/c1-2-7-11(6-1)8-9-4-3-5-10-9/h8,10H,1-7H2/b9-8+. The number of rotatable bonds is 1. The molecule has 2 nitrogen and oxygen atoms in total. The van der Waals surface area contributed by atoms with Crippen molar-refractivity contribution in [3.63, 3.8) is 0 Å². The number of nitrogens with zero attached hydrogens (tertiary/aromatic N) is 1. The predicted octanol–water partition coefficient (Wildman–Crippen LogP) is 1.31. The fourth-order valence-electron chi connectivity index (χ4n) is 1.82. The first-order valence-electron chi connectivity index (χ1n) is 4.64. The molecule has 62 valence electrons. The van der Waals surface area contributed by atoms with Crippen LogP contribution in [0, 0.1) is 0 Å². The largest absolute Gasteiger partial charge is 0.387 e. The monoisotopic (exact) mass is 152 g/mol. The van der Waals surface area contributed by atoms with Crippen molar-refractivity contribution < 1.29 is 0 Å². The number of nitrogens with one attached hydrogen (secondary N) is 1. The second-order valence-electron chi connectivity index (χ2n) is 3.43. The van der Waals surface area contributed by atoms with E-state index in [0.29, 0.717) is 0 Å². The van der Waals surface area contributed by atoms with E-state index in [1.165, 1.54) is 51.0 Å². The van der Waals surface area contributed by atoms with Crippen LogP contribution in [0.5, 0.6) is 0 Å². The molecule has 0 aromatic rings. The quantitative estimate of drug-likeness (QED) is 0.609. The summed E-state index contributed by atoms with van der Waals surface area (Å²) in [6.45, 7) is 3.72. The van der Waals surface area contributed by atoms with Gasteiger partial charge < -0.3 is 10.2 Å². The van der Waals surface area contributed by atoms with Gasteiger partial charge in [0.2, 0.25) is 0 Å². The van der Waals surface area contributed by atoms with Crippen LogP contribution in [0.1, 0.15) is 25.7 Å². The highest BCUT2D eigenvalue weighted by atomic mass is 15.1. The van der Waals surface area contributed by atoms with Gasteiger partial charge in [0.25, 0.3) is 0 Å². The molecule has 0 unspecified atom stereocenters. The lowest BCUT2D eigenvalue weighted by atomic mass is 10.3. The number of hydrogen-bond donors (Lipinski definition) is 1. The van der Waals surface area contributed by atoms with E-state index in [2.05, 4.69) is 16.4 Å². The van der Waals surface area contributed by atoms with Gasteiger partial charge in [-0.25, -0.2) is 0 Å². The lowest BCUT2D eigenvalue weighted by molar-refractivity contribution is 0.461. The van der Waals surface area contributed by atoms with E-state index in [0.717, 1.165) is 0 Å². The van der Waals surface area contributed by atoms with Crippen molar-refractivity contribution in [2.45, 2.75) is 25.7 Å². The van der Waals surface area contributed by atoms with E-state index in [4.69, 9.17) is 0 Å². The molecule has 2 heterocycles. The van der Waals surface area contributed by atoms with Crippen LogP contribution in [0.4, 0.5) is 0 Å². The normalized spacial score (nSPS) is 28.0. The van der Waals surface area contributed by atoms with Crippen molar-refractivity contribution >= 4 is 0 Å². The predicted molar refractivity (Wildman–Crippen MR) is 46.1 cm³/mol. The summed E-state index contributed by atoms with van der Waals surface area (Å²) < 4.78 is 0. The van der Waals surface area contributed by atoms with Gasteiger partial charge >= 0.3 is 0 Å². The molecule has 0 aromatic carbocycles.